The molecular weight excluding hydrogens is 192 g/mol. The van der Waals surface area contributed by atoms with Gasteiger partial charge >= 0.3 is 0 Å². The third-order valence-electron chi connectivity index (χ3n) is 0.983. The van der Waals surface area contributed by atoms with Crippen LogP contribution in [0.2, 0.25) is 0 Å². The van der Waals surface area contributed by atoms with Crippen molar-refractivity contribution in [2.45, 2.75) is 6.92 Å². The van der Waals surface area contributed by atoms with Crippen molar-refractivity contribution in [3.8, 4) is 0 Å². The molecule has 0 aromatic heterocycles. The molecule has 80 valence electrons. The van der Waals surface area contributed by atoms with E-state index in [2.05, 4.69) is 4.72 Å². The summed E-state index contributed by atoms with van der Waals surface area (Å²) in [6.45, 7) is 3.16. The van der Waals surface area contributed by atoms with Crippen LogP contribution in [-0.4, -0.2) is 38.6 Å². The van der Waals surface area contributed by atoms with E-state index in [4.69, 9.17) is 9.47 Å². The quantitative estimate of drug-likeness (QED) is 0.347. The molecule has 0 aliphatic rings. The number of hydrogen-bond acceptors (Lipinski definition) is 6. The highest BCUT2D eigenvalue weighted by Gasteiger charge is 1.92. The van der Waals surface area contributed by atoms with E-state index in [1.807, 2.05) is 6.26 Å². The molecule has 0 aliphatic carbocycles. The molecule has 0 radical (unpaired) electrons. The first-order valence-corrected chi connectivity index (χ1v) is 4.90. The van der Waals surface area contributed by atoms with Gasteiger partial charge in [-0.2, -0.15) is 0 Å². The zero-order valence-electron chi connectivity index (χ0n) is 8.17. The van der Waals surface area contributed by atoms with Crippen molar-refractivity contribution in [3.63, 3.8) is 0 Å². The summed E-state index contributed by atoms with van der Waals surface area (Å²) in [5, 5.41) is 0. The van der Waals surface area contributed by atoms with E-state index in [0.29, 0.717) is 19.9 Å². The molecule has 5 nitrogen and oxygen atoms in total. The van der Waals surface area contributed by atoms with Gasteiger partial charge in [-0.25, -0.2) is 4.72 Å². The number of Topliss-reactive ketones (excluding diaryl/α,β-unsaturated/α-hetero) is 1. The number of hydrogen-bond donors (Lipinski definition) is 2. The van der Waals surface area contributed by atoms with Crippen molar-refractivity contribution in [2.24, 2.45) is 0 Å². The molecule has 0 saturated heterocycles. The normalized spacial score (nSPS) is 9.38. The Balaban J connectivity index is 0. The molecule has 0 aromatic rings. The van der Waals surface area contributed by atoms with Gasteiger partial charge in [-0.1, -0.05) is 11.9 Å². The highest BCUT2D eigenvalue weighted by molar-refractivity contribution is 7.96. The Hall–Kier alpha value is -0.140. The highest BCUT2D eigenvalue weighted by Crippen LogP contribution is 1.82. The Morgan fingerprint density at radius 2 is 2.00 bits per heavy atom. The molecule has 0 aromatic carbocycles. The summed E-state index contributed by atoms with van der Waals surface area (Å²) in [6, 6.07) is 0. The van der Waals surface area contributed by atoms with E-state index in [1.165, 1.54) is 18.9 Å². The van der Waals surface area contributed by atoms with E-state index in [9.17, 15) is 4.79 Å². The lowest BCUT2D eigenvalue weighted by atomic mass is 10.5. The first-order valence-electron chi connectivity index (χ1n) is 3.68. The van der Waals surface area contributed by atoms with Crippen molar-refractivity contribution in [1.82, 2.24) is 10.9 Å². The van der Waals surface area contributed by atoms with Gasteiger partial charge in [0, 0.05) is 0 Å². The van der Waals surface area contributed by atoms with Gasteiger partial charge in [0.05, 0.1) is 13.2 Å². The topological polar surface area (TPSA) is 82.6 Å². The van der Waals surface area contributed by atoms with Crippen LogP contribution in [0.25, 0.3) is 0 Å². The van der Waals surface area contributed by atoms with Crippen LogP contribution in [0.3, 0.4) is 0 Å². The number of carbonyl (C=O) groups excluding carboxylic acids is 1. The van der Waals surface area contributed by atoms with E-state index in [1.54, 1.807) is 0 Å². The Morgan fingerprint density at radius 1 is 1.38 bits per heavy atom. The van der Waals surface area contributed by atoms with E-state index >= 15 is 0 Å². The second-order valence-corrected chi connectivity index (χ2v) is 2.85. The van der Waals surface area contributed by atoms with Crippen LogP contribution in [0.4, 0.5) is 0 Å². The summed E-state index contributed by atoms with van der Waals surface area (Å²) in [6.07, 6.45) is 1.93. The average Bonchev–Trinajstić information content (AvgIpc) is 2.02. The fourth-order valence-corrected chi connectivity index (χ4v) is 0.708. The lowest BCUT2D eigenvalue weighted by molar-refractivity contribution is -0.121. The molecule has 0 unspecified atom stereocenters. The maximum Gasteiger partial charge on any atom is 0.155 e. The molecule has 0 heterocycles. The van der Waals surface area contributed by atoms with Gasteiger partial charge in [-0.15, -0.1) is 0 Å². The standard InChI is InChI=1S/C7H15NO3S.H3N/c1-7(9)5-10-3-4-11-6-8-12-2;/h8H,3-6H2,1-2H3;1H3. The third kappa shape index (κ3) is 14.7. The second kappa shape index (κ2) is 11.9. The van der Waals surface area contributed by atoms with Crippen LogP contribution in [0, 0.1) is 0 Å². The monoisotopic (exact) mass is 210 g/mol. The van der Waals surface area contributed by atoms with Gasteiger partial charge < -0.3 is 15.6 Å². The molecule has 0 bridgehead atoms. The summed E-state index contributed by atoms with van der Waals surface area (Å²) in [5.41, 5.74) is 0. The molecule has 0 atom stereocenters. The average molecular weight is 210 g/mol. The smallest absolute Gasteiger partial charge is 0.155 e. The summed E-state index contributed by atoms with van der Waals surface area (Å²) >= 11 is 1.50. The number of ether oxygens (including phenoxy) is 2. The van der Waals surface area contributed by atoms with Crippen LogP contribution in [0.1, 0.15) is 6.92 Å². The minimum atomic E-state index is 0. The van der Waals surface area contributed by atoms with Gasteiger partial charge in [0.2, 0.25) is 0 Å². The van der Waals surface area contributed by atoms with Gasteiger partial charge in [-0.3, -0.25) is 4.79 Å². The molecule has 0 saturated carbocycles. The lowest BCUT2D eigenvalue weighted by Gasteiger charge is -2.03. The van der Waals surface area contributed by atoms with Gasteiger partial charge in [0.15, 0.2) is 5.78 Å². The SMILES string of the molecule is CSNCOCCOCC(C)=O.N. The predicted molar refractivity (Wildman–Crippen MR) is 54.0 cm³/mol. The number of ketones is 1. The molecule has 13 heavy (non-hydrogen) atoms. The summed E-state index contributed by atoms with van der Waals surface area (Å²) in [5.74, 6) is 0.0391. The fourth-order valence-electron chi connectivity index (χ4n) is 0.507. The van der Waals surface area contributed by atoms with Crippen LogP contribution in [0.5, 0.6) is 0 Å². The zero-order valence-corrected chi connectivity index (χ0v) is 8.99. The molecule has 6 heteroatoms. The van der Waals surface area contributed by atoms with E-state index in [-0.39, 0.29) is 18.5 Å². The first-order chi connectivity index (χ1) is 5.77. The maximum atomic E-state index is 10.4. The summed E-state index contributed by atoms with van der Waals surface area (Å²) < 4.78 is 13.0. The minimum Gasteiger partial charge on any atom is -0.371 e. The number of rotatable bonds is 8. The molecule has 0 amide bonds. The van der Waals surface area contributed by atoms with Crippen LogP contribution in [0.15, 0.2) is 0 Å². The van der Waals surface area contributed by atoms with Crippen LogP contribution in [-0.2, 0) is 14.3 Å². The van der Waals surface area contributed by atoms with Crippen molar-refractivity contribution < 1.29 is 14.3 Å². The molecule has 0 fully saturated rings. The summed E-state index contributed by atoms with van der Waals surface area (Å²) in [4.78, 5) is 10.4. The van der Waals surface area contributed by atoms with Crippen molar-refractivity contribution in [1.29, 1.82) is 0 Å². The van der Waals surface area contributed by atoms with E-state index < -0.39 is 0 Å². The molecule has 0 spiro atoms. The maximum absolute atomic E-state index is 10.4. The van der Waals surface area contributed by atoms with Gasteiger partial charge in [0.25, 0.3) is 0 Å². The Kier molecular flexibility index (Phi) is 14.0. The second-order valence-electron chi connectivity index (χ2n) is 2.16. The minimum absolute atomic E-state index is 0. The Morgan fingerprint density at radius 3 is 2.54 bits per heavy atom. The van der Waals surface area contributed by atoms with Crippen molar-refractivity contribution in [2.75, 3.05) is 32.8 Å². The zero-order chi connectivity index (χ0) is 9.23. The summed E-state index contributed by atoms with van der Waals surface area (Å²) in [7, 11) is 0. The molecular formula is C7H18N2O3S. The predicted octanol–water partition coefficient (Wildman–Crippen LogP) is 0.596. The van der Waals surface area contributed by atoms with Gasteiger partial charge in [0.1, 0.15) is 13.3 Å². The van der Waals surface area contributed by atoms with Crippen LogP contribution >= 0.6 is 11.9 Å². The first kappa shape index (κ1) is 15.3. The Bertz CT molecular complexity index is 124. The van der Waals surface area contributed by atoms with Gasteiger partial charge in [-0.05, 0) is 13.2 Å². The highest BCUT2D eigenvalue weighted by atomic mass is 32.2. The van der Waals surface area contributed by atoms with Crippen molar-refractivity contribution in [3.05, 3.63) is 0 Å². The Labute approximate surface area is 83.3 Å². The van der Waals surface area contributed by atoms with Crippen LogP contribution < -0.4 is 10.9 Å². The lowest BCUT2D eigenvalue weighted by Crippen LogP contribution is -2.14. The molecule has 0 rings (SSSR count). The number of nitrogens with one attached hydrogen (secondary N) is 1. The largest absolute Gasteiger partial charge is 0.371 e. The molecule has 4 N–H and O–H groups in total. The molecule has 0 aliphatic heterocycles. The van der Waals surface area contributed by atoms with E-state index in [0.717, 1.165) is 0 Å². The number of carbonyl (C=O) groups is 1. The third-order valence-corrected chi connectivity index (χ3v) is 1.39. The fraction of sp³-hybridized carbons (Fsp3) is 0.857. The van der Waals surface area contributed by atoms with Crippen molar-refractivity contribution >= 4 is 17.7 Å².